The highest BCUT2D eigenvalue weighted by molar-refractivity contribution is 6.01. The van der Waals surface area contributed by atoms with Crippen molar-refractivity contribution in [1.82, 2.24) is 15.2 Å². The number of hydrazine groups is 1. The second-order valence-corrected chi connectivity index (χ2v) is 11.0. The van der Waals surface area contributed by atoms with Crippen LogP contribution in [-0.2, 0) is 25.7 Å². The topological polar surface area (TPSA) is 134 Å². The first-order valence-corrected chi connectivity index (χ1v) is 14.2. The van der Waals surface area contributed by atoms with E-state index in [2.05, 4.69) is 5.32 Å². The van der Waals surface area contributed by atoms with Gasteiger partial charge in [0.1, 0.15) is 6.29 Å². The van der Waals surface area contributed by atoms with E-state index in [0.29, 0.717) is 69.7 Å². The molecule has 10 nitrogen and oxygen atoms in total. The summed E-state index contributed by atoms with van der Waals surface area (Å²) in [4.78, 5) is 39.5. The molecular weight excluding hydrogens is 532 g/mol. The molecule has 2 aromatic rings. The number of hydrogen-bond donors (Lipinski definition) is 3. The zero-order valence-electron chi connectivity index (χ0n) is 25.1. The molecule has 0 aromatic heterocycles. The first kappa shape index (κ1) is 32.5. The van der Waals surface area contributed by atoms with Gasteiger partial charge in [-0.3, -0.25) is 19.7 Å². The minimum absolute atomic E-state index is 0.0311. The molecule has 0 radical (unpaired) electrons. The van der Waals surface area contributed by atoms with E-state index >= 15 is 0 Å². The van der Waals surface area contributed by atoms with Crippen LogP contribution in [0.2, 0.25) is 0 Å². The Bertz CT molecular complexity index is 1310. The molecule has 3 rings (SSSR count). The second-order valence-electron chi connectivity index (χ2n) is 11.0. The van der Waals surface area contributed by atoms with Crippen molar-refractivity contribution in [1.29, 1.82) is 0 Å². The predicted molar refractivity (Wildman–Crippen MR) is 166 cm³/mol. The Hall–Kier alpha value is -3.99. The Morgan fingerprint density at radius 2 is 1.76 bits per heavy atom. The molecular formula is C32H44N6O4. The van der Waals surface area contributed by atoms with Gasteiger partial charge >= 0.3 is 0 Å². The summed E-state index contributed by atoms with van der Waals surface area (Å²) < 4.78 is 5.91. The number of allylic oxidation sites excluding steroid dienone is 1. The lowest BCUT2D eigenvalue weighted by Crippen LogP contribution is -2.39. The van der Waals surface area contributed by atoms with Gasteiger partial charge in [0, 0.05) is 43.8 Å². The number of anilines is 1. The summed E-state index contributed by atoms with van der Waals surface area (Å²) in [6.45, 7) is 5.85. The van der Waals surface area contributed by atoms with Crippen LogP contribution < -0.4 is 21.8 Å². The van der Waals surface area contributed by atoms with Crippen LogP contribution in [0.5, 0.6) is 0 Å². The molecule has 0 saturated carbocycles. The molecule has 0 atom stereocenters. The number of amides is 2. The maximum atomic E-state index is 13.7. The highest BCUT2D eigenvalue weighted by Crippen LogP contribution is 2.37. The van der Waals surface area contributed by atoms with Gasteiger partial charge in [-0.15, -0.1) is 0 Å². The van der Waals surface area contributed by atoms with E-state index in [-0.39, 0.29) is 11.8 Å². The highest BCUT2D eigenvalue weighted by Gasteiger charge is 2.28. The Kier molecular flexibility index (Phi) is 11.8. The molecule has 2 amide bonds. The van der Waals surface area contributed by atoms with Crippen LogP contribution in [0.4, 0.5) is 5.69 Å². The lowest BCUT2D eigenvalue weighted by molar-refractivity contribution is -0.125. The standard InChI is InChI=1S/C32H44N6O4/c1-32(2,42-23-35-3)18-20-38(34)31-25-13-6-5-12-24(25)22-37(27-15-8-7-14-26(27)30(31)33)29(41)16-9-10-19-36(4)28(40)17-11-21-39/h5-8,11-15,17,21,35H,9-10,16,18-20,22-23,33-34H2,1-4H3/b17-11-,31-30-. The summed E-state index contributed by atoms with van der Waals surface area (Å²) >= 11 is 0. The SMILES string of the molecule is CNCOC(C)(C)CCN(N)/C1=C(\N)c2ccccc2N(C(=O)CCCCN(C)C(=O)/C=C\C=O)Cc2ccccc21. The van der Waals surface area contributed by atoms with Crippen molar-refractivity contribution in [2.24, 2.45) is 11.6 Å². The number of rotatable bonds is 14. The number of carbonyl (C=O) groups excluding carboxylic acids is 3. The van der Waals surface area contributed by atoms with E-state index in [0.717, 1.165) is 22.4 Å². The number of para-hydroxylation sites is 1. The molecule has 1 aliphatic rings. The molecule has 0 spiro atoms. The van der Waals surface area contributed by atoms with E-state index in [1.54, 1.807) is 17.0 Å². The zero-order chi connectivity index (χ0) is 30.7. The number of aldehydes is 1. The molecule has 0 fully saturated rings. The minimum atomic E-state index is -0.396. The number of nitrogens with two attached hydrogens (primary N) is 2. The van der Waals surface area contributed by atoms with Crippen molar-refractivity contribution in [3.63, 3.8) is 0 Å². The number of likely N-dealkylation sites (N-methyl/N-ethyl adjacent to an activating group) is 1. The van der Waals surface area contributed by atoms with Gasteiger partial charge in [-0.25, -0.2) is 5.84 Å². The van der Waals surface area contributed by atoms with E-state index < -0.39 is 5.60 Å². The quantitative estimate of drug-likeness (QED) is 0.0780. The fourth-order valence-electron chi connectivity index (χ4n) is 4.85. The number of fused-ring (bicyclic) bond motifs is 2. The molecule has 226 valence electrons. The Morgan fingerprint density at radius 1 is 1.07 bits per heavy atom. The largest absolute Gasteiger partial charge is 0.396 e. The van der Waals surface area contributed by atoms with Gasteiger partial charge < -0.3 is 25.3 Å². The van der Waals surface area contributed by atoms with Crippen molar-refractivity contribution < 1.29 is 19.1 Å². The molecule has 10 heteroatoms. The number of nitrogens with zero attached hydrogens (tertiary/aromatic N) is 3. The van der Waals surface area contributed by atoms with Crippen LogP contribution in [0.15, 0.2) is 60.7 Å². The zero-order valence-corrected chi connectivity index (χ0v) is 25.1. The minimum Gasteiger partial charge on any atom is -0.396 e. The molecule has 1 aliphatic heterocycles. The third-order valence-electron chi connectivity index (χ3n) is 7.32. The second kappa shape index (κ2) is 15.3. The van der Waals surface area contributed by atoms with Crippen LogP contribution in [0.25, 0.3) is 11.4 Å². The van der Waals surface area contributed by atoms with Gasteiger partial charge in [-0.2, -0.15) is 0 Å². The number of unbranched alkanes of at least 4 members (excludes halogenated alkanes) is 1. The summed E-state index contributed by atoms with van der Waals surface area (Å²) in [7, 11) is 3.51. The predicted octanol–water partition coefficient (Wildman–Crippen LogP) is 3.24. The van der Waals surface area contributed by atoms with Crippen LogP contribution >= 0.6 is 0 Å². The van der Waals surface area contributed by atoms with E-state index in [9.17, 15) is 14.4 Å². The molecule has 0 saturated heterocycles. The van der Waals surface area contributed by atoms with Crippen LogP contribution in [0, 0.1) is 0 Å². The molecule has 42 heavy (non-hydrogen) atoms. The summed E-state index contributed by atoms with van der Waals surface area (Å²) in [6, 6.07) is 15.5. The number of nitrogens with one attached hydrogen (secondary N) is 1. The number of benzene rings is 2. The maximum Gasteiger partial charge on any atom is 0.246 e. The summed E-state index contributed by atoms with van der Waals surface area (Å²) in [5.74, 6) is 6.43. The first-order valence-electron chi connectivity index (χ1n) is 14.2. The third kappa shape index (κ3) is 8.51. The lowest BCUT2D eigenvalue weighted by atomic mass is 9.95. The van der Waals surface area contributed by atoms with Gasteiger partial charge in [0.15, 0.2) is 0 Å². The van der Waals surface area contributed by atoms with E-state index in [1.165, 1.54) is 17.1 Å². The summed E-state index contributed by atoms with van der Waals surface area (Å²) in [5.41, 5.74) is 11.0. The van der Waals surface area contributed by atoms with Crippen LogP contribution in [-0.4, -0.2) is 67.5 Å². The van der Waals surface area contributed by atoms with Crippen LogP contribution in [0.3, 0.4) is 0 Å². The number of hydrogen-bond acceptors (Lipinski definition) is 8. The fraction of sp³-hybridized carbons (Fsp3) is 0.406. The van der Waals surface area contributed by atoms with Gasteiger partial charge in [0.2, 0.25) is 11.8 Å². The molecule has 2 aromatic carbocycles. The molecule has 0 unspecified atom stereocenters. The molecule has 0 aliphatic carbocycles. The van der Waals surface area contributed by atoms with E-state index in [4.69, 9.17) is 16.3 Å². The summed E-state index contributed by atoms with van der Waals surface area (Å²) in [5, 5.41) is 4.70. The number of carbonyl (C=O) groups is 3. The van der Waals surface area contributed by atoms with E-state index in [1.807, 2.05) is 69.4 Å². The van der Waals surface area contributed by atoms with Gasteiger partial charge in [0.25, 0.3) is 0 Å². The van der Waals surface area contributed by atoms with Crippen molar-refractivity contribution in [3.8, 4) is 0 Å². The smallest absolute Gasteiger partial charge is 0.246 e. The fourth-order valence-corrected chi connectivity index (χ4v) is 4.85. The maximum absolute atomic E-state index is 13.7. The summed E-state index contributed by atoms with van der Waals surface area (Å²) in [6.07, 6.45) is 5.22. The monoisotopic (exact) mass is 576 g/mol. The third-order valence-corrected chi connectivity index (χ3v) is 7.32. The highest BCUT2D eigenvalue weighted by atomic mass is 16.5. The molecule has 1 heterocycles. The van der Waals surface area contributed by atoms with Gasteiger partial charge in [-0.1, -0.05) is 42.5 Å². The average molecular weight is 577 g/mol. The Labute approximate surface area is 248 Å². The number of ether oxygens (including phenoxy) is 1. The van der Waals surface area contributed by atoms with Crippen molar-refractivity contribution in [2.45, 2.75) is 51.7 Å². The molecule has 0 bridgehead atoms. The van der Waals surface area contributed by atoms with Crippen LogP contribution in [0.1, 0.15) is 56.2 Å². The van der Waals surface area contributed by atoms with Crippen molar-refractivity contribution >= 4 is 35.2 Å². The van der Waals surface area contributed by atoms with Crippen molar-refractivity contribution in [3.05, 3.63) is 77.4 Å². The molecule has 5 N–H and O–H groups in total. The lowest BCUT2D eigenvalue weighted by Gasteiger charge is -2.34. The normalized spacial score (nSPS) is 15.0. The first-order chi connectivity index (χ1) is 20.1. The van der Waals surface area contributed by atoms with Crippen molar-refractivity contribution in [2.75, 3.05) is 38.8 Å². The average Bonchev–Trinajstić information content (AvgIpc) is 2.98. The Balaban J connectivity index is 1.86. The van der Waals surface area contributed by atoms with Gasteiger partial charge in [-0.05, 0) is 57.9 Å². The Morgan fingerprint density at radius 3 is 2.48 bits per heavy atom. The van der Waals surface area contributed by atoms with Gasteiger partial charge in [0.05, 0.1) is 36.0 Å².